The number of carbonyl (C=O) groups excluding carboxylic acids is 1. The summed E-state index contributed by atoms with van der Waals surface area (Å²) < 4.78 is 5.04. The number of carbonyl (C=O) groups is 2. The normalized spacial score (nSPS) is 43.1. The molecule has 0 amide bonds. The van der Waals surface area contributed by atoms with Crippen LogP contribution in [0.3, 0.4) is 0 Å². The average molecular weight is 356 g/mol. The van der Waals surface area contributed by atoms with Crippen molar-refractivity contribution in [2.75, 3.05) is 0 Å². The van der Waals surface area contributed by atoms with Crippen LogP contribution in [0.1, 0.15) is 59.3 Å². The molecular weight excluding hydrogens is 328 g/mol. The highest BCUT2D eigenvalue weighted by Crippen LogP contribution is 2.66. The van der Waals surface area contributed by atoms with Crippen LogP contribution in [-0.2, 0) is 9.53 Å². The van der Waals surface area contributed by atoms with Crippen LogP contribution in [0, 0.1) is 28.6 Å². The van der Waals surface area contributed by atoms with E-state index in [4.69, 9.17) is 9.84 Å². The van der Waals surface area contributed by atoms with Gasteiger partial charge in [-0.05, 0) is 86.3 Å². The number of ether oxygens (including phenoxy) is 1. The maximum atomic E-state index is 11.8. The lowest BCUT2D eigenvalue weighted by Gasteiger charge is -2.56. The summed E-state index contributed by atoms with van der Waals surface area (Å²) in [5.41, 5.74) is 2.59. The molecule has 5 atom stereocenters. The zero-order valence-electron chi connectivity index (χ0n) is 15.9. The molecule has 0 saturated heterocycles. The van der Waals surface area contributed by atoms with E-state index in [1.54, 1.807) is 6.08 Å². The van der Waals surface area contributed by atoms with Gasteiger partial charge in [-0.15, -0.1) is 0 Å². The largest absolute Gasteiger partial charge is 0.511 e. The Labute approximate surface area is 155 Å². The highest BCUT2D eigenvalue weighted by atomic mass is 16.7. The number of fused-ring (bicyclic) bond motifs is 5. The van der Waals surface area contributed by atoms with E-state index in [0.29, 0.717) is 23.5 Å². The first-order valence-corrected chi connectivity index (χ1v) is 9.81. The van der Waals surface area contributed by atoms with Gasteiger partial charge in [-0.1, -0.05) is 25.5 Å². The summed E-state index contributed by atoms with van der Waals surface area (Å²) in [5, 5.41) is 9.00. The molecule has 4 rings (SSSR count). The van der Waals surface area contributed by atoms with Gasteiger partial charge in [-0.25, -0.2) is 4.79 Å². The van der Waals surface area contributed by atoms with Crippen LogP contribution >= 0.6 is 0 Å². The van der Waals surface area contributed by atoms with Gasteiger partial charge in [0.15, 0.2) is 5.78 Å². The Bertz CT molecular complexity index is 758. The molecule has 3 saturated carbocycles. The molecule has 140 valence electrons. The minimum Gasteiger partial charge on any atom is -0.449 e. The fourth-order valence-electron chi connectivity index (χ4n) is 6.78. The molecule has 26 heavy (non-hydrogen) atoms. The van der Waals surface area contributed by atoms with Crippen molar-refractivity contribution >= 4 is 11.9 Å². The Morgan fingerprint density at radius 2 is 1.96 bits per heavy atom. The van der Waals surface area contributed by atoms with Gasteiger partial charge in [0.05, 0.1) is 0 Å². The van der Waals surface area contributed by atoms with Crippen LogP contribution in [0.25, 0.3) is 0 Å². The van der Waals surface area contributed by atoms with Crippen molar-refractivity contribution in [1.82, 2.24) is 0 Å². The monoisotopic (exact) mass is 356 g/mol. The second kappa shape index (κ2) is 5.83. The third-order valence-electron chi connectivity index (χ3n) is 8.01. The summed E-state index contributed by atoms with van der Waals surface area (Å²) in [6.07, 6.45) is 11.0. The van der Waals surface area contributed by atoms with Crippen molar-refractivity contribution in [3.63, 3.8) is 0 Å². The third-order valence-corrected chi connectivity index (χ3v) is 8.01. The highest BCUT2D eigenvalue weighted by Gasteiger charge is 2.57. The zero-order valence-corrected chi connectivity index (χ0v) is 15.9. The first-order valence-electron chi connectivity index (χ1n) is 9.81. The van der Waals surface area contributed by atoms with Gasteiger partial charge in [0.25, 0.3) is 0 Å². The number of rotatable bonds is 1. The lowest BCUT2D eigenvalue weighted by atomic mass is 9.48. The Balaban J connectivity index is 1.66. The van der Waals surface area contributed by atoms with Gasteiger partial charge in [0.1, 0.15) is 5.76 Å². The van der Waals surface area contributed by atoms with Gasteiger partial charge in [-0.3, -0.25) is 4.79 Å². The molecule has 3 fully saturated rings. The lowest BCUT2D eigenvalue weighted by molar-refractivity contribution is -0.111. The molecule has 1 N–H and O–H groups in total. The zero-order chi connectivity index (χ0) is 18.7. The van der Waals surface area contributed by atoms with Crippen molar-refractivity contribution in [2.45, 2.75) is 59.3 Å². The van der Waals surface area contributed by atoms with E-state index in [2.05, 4.69) is 19.9 Å². The van der Waals surface area contributed by atoms with Gasteiger partial charge in [0, 0.05) is 5.41 Å². The molecule has 0 aromatic heterocycles. The topological polar surface area (TPSA) is 63.6 Å². The maximum absolute atomic E-state index is 11.8. The van der Waals surface area contributed by atoms with E-state index in [9.17, 15) is 9.59 Å². The van der Waals surface area contributed by atoms with Crippen molar-refractivity contribution in [1.29, 1.82) is 0 Å². The van der Waals surface area contributed by atoms with Crippen molar-refractivity contribution < 1.29 is 19.4 Å². The van der Waals surface area contributed by atoms with Crippen LogP contribution in [0.4, 0.5) is 4.79 Å². The summed E-state index contributed by atoms with van der Waals surface area (Å²) in [6.45, 7) is 6.44. The summed E-state index contributed by atoms with van der Waals surface area (Å²) in [5.74, 6) is 2.50. The van der Waals surface area contributed by atoms with Crippen molar-refractivity contribution in [2.24, 2.45) is 28.6 Å². The summed E-state index contributed by atoms with van der Waals surface area (Å²) in [6, 6.07) is 0. The molecular formula is C22H28O4. The van der Waals surface area contributed by atoms with Gasteiger partial charge >= 0.3 is 6.16 Å². The fourth-order valence-corrected chi connectivity index (χ4v) is 6.78. The van der Waals surface area contributed by atoms with E-state index >= 15 is 0 Å². The molecule has 4 aliphatic rings. The van der Waals surface area contributed by atoms with E-state index < -0.39 is 6.16 Å². The number of hydrogen-bond acceptors (Lipinski definition) is 3. The average Bonchev–Trinajstić information content (AvgIpc) is 2.92. The van der Waals surface area contributed by atoms with E-state index in [1.165, 1.54) is 11.1 Å². The number of ketones is 1. The minimum absolute atomic E-state index is 0.0111. The quantitative estimate of drug-likeness (QED) is 0.514. The number of allylic oxidation sites excluding steroid dienone is 6. The summed E-state index contributed by atoms with van der Waals surface area (Å²) in [7, 11) is 0. The Kier molecular flexibility index (Phi) is 3.94. The first kappa shape index (κ1) is 17.6. The van der Waals surface area contributed by atoms with Crippen molar-refractivity contribution in [3.8, 4) is 0 Å². The molecule has 4 aliphatic carbocycles. The predicted octanol–water partition coefficient (Wildman–Crippen LogP) is 5.26. The SMILES string of the molecule is CC(OC(=O)O)=C1CC[C@H]2[C@@H]3CCC4=CC(=O)C=C[C@]4(C)[C@H]3CC[C@]12C. The van der Waals surface area contributed by atoms with Crippen LogP contribution in [-0.4, -0.2) is 17.0 Å². The summed E-state index contributed by atoms with van der Waals surface area (Å²) in [4.78, 5) is 22.8. The van der Waals surface area contributed by atoms with Crippen LogP contribution < -0.4 is 0 Å². The predicted molar refractivity (Wildman–Crippen MR) is 98.4 cm³/mol. The van der Waals surface area contributed by atoms with Crippen LogP contribution in [0.5, 0.6) is 0 Å². The van der Waals surface area contributed by atoms with Crippen LogP contribution in [0.15, 0.2) is 35.1 Å². The molecule has 0 unspecified atom stereocenters. The smallest absolute Gasteiger partial charge is 0.449 e. The molecule has 0 spiro atoms. The Morgan fingerprint density at radius 1 is 1.19 bits per heavy atom. The lowest BCUT2D eigenvalue weighted by Crippen LogP contribution is -2.48. The van der Waals surface area contributed by atoms with Gasteiger partial charge in [0.2, 0.25) is 0 Å². The molecule has 4 nitrogen and oxygen atoms in total. The van der Waals surface area contributed by atoms with E-state index in [0.717, 1.165) is 38.5 Å². The minimum atomic E-state index is -1.22. The molecule has 0 aromatic carbocycles. The first-order chi connectivity index (χ1) is 12.3. The molecule has 0 aliphatic heterocycles. The second-order valence-corrected chi connectivity index (χ2v) is 9.00. The van der Waals surface area contributed by atoms with Gasteiger partial charge < -0.3 is 9.84 Å². The number of hydrogen-bond donors (Lipinski definition) is 1. The molecule has 0 aromatic rings. The third kappa shape index (κ3) is 2.41. The number of carboxylic acid groups (broad SMARTS) is 1. The molecule has 0 radical (unpaired) electrons. The van der Waals surface area contributed by atoms with E-state index in [-0.39, 0.29) is 16.6 Å². The van der Waals surface area contributed by atoms with E-state index in [1.807, 2.05) is 13.0 Å². The highest BCUT2D eigenvalue weighted by molar-refractivity contribution is 6.01. The Hall–Kier alpha value is -1.84. The fraction of sp³-hybridized carbons (Fsp3) is 0.636. The molecule has 0 bridgehead atoms. The second-order valence-electron chi connectivity index (χ2n) is 9.00. The Morgan fingerprint density at radius 3 is 2.69 bits per heavy atom. The van der Waals surface area contributed by atoms with Crippen molar-refractivity contribution in [3.05, 3.63) is 35.1 Å². The maximum Gasteiger partial charge on any atom is 0.511 e. The molecule has 4 heteroatoms. The summed E-state index contributed by atoms with van der Waals surface area (Å²) >= 11 is 0. The van der Waals surface area contributed by atoms with Crippen LogP contribution in [0.2, 0.25) is 0 Å². The molecule has 0 heterocycles. The standard InChI is InChI=1S/C22H28O4/c1-13(26-20(24)25)17-6-7-18-16-5-4-14-12-15(23)8-10-21(14,2)19(16)9-11-22(17,18)3/h8,10,12,16,18-19H,4-7,9,11H2,1-3H3,(H,24,25)/t16-,18-,19-,21-,22+/m0/s1. The van der Waals surface area contributed by atoms with Gasteiger partial charge in [-0.2, -0.15) is 0 Å².